The fourth-order valence-corrected chi connectivity index (χ4v) is 2.44. The van der Waals surface area contributed by atoms with E-state index in [1.807, 2.05) is 0 Å². The van der Waals surface area contributed by atoms with Crippen LogP contribution in [0, 0.1) is 11.8 Å². The van der Waals surface area contributed by atoms with Crippen LogP contribution in [-0.2, 0) is 13.0 Å². The molecule has 0 saturated carbocycles. The highest BCUT2D eigenvalue weighted by atomic mass is 15.1. The molecule has 0 N–H and O–H groups in total. The first-order chi connectivity index (χ1) is 8.51. The lowest BCUT2D eigenvalue weighted by molar-refractivity contribution is 0.211. The number of hydrogen-bond donors (Lipinski definition) is 0. The summed E-state index contributed by atoms with van der Waals surface area (Å²) in [5.74, 6) is 1.47. The molecule has 0 amide bonds. The standard InChI is InChI=1S/C17H29N/c1-6-16-8-7-9-17(10-16)13-18(11-14(2)3)12-15(4)5/h7-10,14-15H,6,11-13H2,1-5H3. The number of hydrogen-bond acceptors (Lipinski definition) is 1. The van der Waals surface area contributed by atoms with Gasteiger partial charge in [0.05, 0.1) is 0 Å². The summed E-state index contributed by atoms with van der Waals surface area (Å²) < 4.78 is 0. The maximum absolute atomic E-state index is 2.59. The fourth-order valence-electron chi connectivity index (χ4n) is 2.44. The Morgan fingerprint density at radius 2 is 1.50 bits per heavy atom. The van der Waals surface area contributed by atoms with Crippen LogP contribution in [0.25, 0.3) is 0 Å². The molecule has 1 heteroatoms. The zero-order chi connectivity index (χ0) is 13.5. The molecule has 0 fully saturated rings. The van der Waals surface area contributed by atoms with Crippen LogP contribution in [0.1, 0.15) is 45.7 Å². The molecule has 0 unspecified atom stereocenters. The van der Waals surface area contributed by atoms with Crippen molar-refractivity contribution >= 4 is 0 Å². The SMILES string of the molecule is CCc1cccc(CN(CC(C)C)CC(C)C)c1. The second-order valence-electron chi connectivity index (χ2n) is 6.16. The highest BCUT2D eigenvalue weighted by Gasteiger charge is 2.10. The average molecular weight is 247 g/mol. The van der Waals surface area contributed by atoms with Crippen molar-refractivity contribution in [2.24, 2.45) is 11.8 Å². The van der Waals surface area contributed by atoms with Gasteiger partial charge in [0.1, 0.15) is 0 Å². The molecular formula is C17H29N. The van der Waals surface area contributed by atoms with Crippen molar-refractivity contribution in [3.8, 4) is 0 Å². The van der Waals surface area contributed by atoms with Crippen molar-refractivity contribution in [3.63, 3.8) is 0 Å². The van der Waals surface area contributed by atoms with E-state index in [0.717, 1.165) is 24.8 Å². The molecule has 0 radical (unpaired) electrons. The van der Waals surface area contributed by atoms with E-state index in [1.54, 1.807) is 0 Å². The van der Waals surface area contributed by atoms with Gasteiger partial charge < -0.3 is 0 Å². The molecular weight excluding hydrogens is 218 g/mol. The zero-order valence-electron chi connectivity index (χ0n) is 12.7. The Kier molecular flexibility index (Phi) is 6.42. The zero-order valence-corrected chi connectivity index (χ0v) is 12.7. The lowest BCUT2D eigenvalue weighted by Crippen LogP contribution is -2.30. The van der Waals surface area contributed by atoms with Gasteiger partial charge in [-0.25, -0.2) is 0 Å². The molecule has 102 valence electrons. The van der Waals surface area contributed by atoms with Gasteiger partial charge in [0.15, 0.2) is 0 Å². The van der Waals surface area contributed by atoms with Crippen LogP contribution in [-0.4, -0.2) is 18.0 Å². The molecule has 1 rings (SSSR count). The van der Waals surface area contributed by atoms with E-state index in [0.29, 0.717) is 0 Å². The normalized spacial score (nSPS) is 11.8. The summed E-state index contributed by atoms with van der Waals surface area (Å²) in [6.07, 6.45) is 1.13. The molecule has 0 aliphatic heterocycles. The first kappa shape index (κ1) is 15.2. The minimum absolute atomic E-state index is 0.734. The second kappa shape index (κ2) is 7.58. The van der Waals surface area contributed by atoms with Crippen molar-refractivity contribution in [1.29, 1.82) is 0 Å². The Morgan fingerprint density at radius 1 is 0.944 bits per heavy atom. The largest absolute Gasteiger partial charge is 0.299 e. The summed E-state index contributed by atoms with van der Waals surface area (Å²) >= 11 is 0. The molecule has 1 nitrogen and oxygen atoms in total. The summed E-state index contributed by atoms with van der Waals surface area (Å²) in [5.41, 5.74) is 2.90. The highest BCUT2D eigenvalue weighted by Crippen LogP contribution is 2.12. The summed E-state index contributed by atoms with van der Waals surface area (Å²) in [5, 5.41) is 0. The van der Waals surface area contributed by atoms with Gasteiger partial charge in [0, 0.05) is 19.6 Å². The predicted molar refractivity (Wildman–Crippen MR) is 80.8 cm³/mol. The van der Waals surface area contributed by atoms with E-state index in [1.165, 1.54) is 24.2 Å². The van der Waals surface area contributed by atoms with Crippen LogP contribution in [0.5, 0.6) is 0 Å². The van der Waals surface area contributed by atoms with Crippen LogP contribution in [0.2, 0.25) is 0 Å². The number of benzene rings is 1. The van der Waals surface area contributed by atoms with Gasteiger partial charge in [-0.15, -0.1) is 0 Å². The molecule has 0 bridgehead atoms. The lowest BCUT2D eigenvalue weighted by atomic mass is 10.1. The van der Waals surface area contributed by atoms with Crippen LogP contribution in [0.3, 0.4) is 0 Å². The second-order valence-corrected chi connectivity index (χ2v) is 6.16. The van der Waals surface area contributed by atoms with Crippen molar-refractivity contribution in [2.75, 3.05) is 13.1 Å². The first-order valence-corrected chi connectivity index (χ1v) is 7.31. The van der Waals surface area contributed by atoms with Crippen molar-refractivity contribution < 1.29 is 0 Å². The van der Waals surface area contributed by atoms with Crippen molar-refractivity contribution in [2.45, 2.75) is 47.6 Å². The van der Waals surface area contributed by atoms with Crippen LogP contribution in [0.15, 0.2) is 24.3 Å². The Labute approximate surface area is 113 Å². The van der Waals surface area contributed by atoms with Gasteiger partial charge in [0.25, 0.3) is 0 Å². The van der Waals surface area contributed by atoms with E-state index in [-0.39, 0.29) is 0 Å². The molecule has 0 saturated heterocycles. The molecule has 0 aromatic heterocycles. The van der Waals surface area contributed by atoms with Crippen LogP contribution < -0.4 is 0 Å². The average Bonchev–Trinajstić information content (AvgIpc) is 2.27. The predicted octanol–water partition coefficient (Wildman–Crippen LogP) is 4.36. The smallest absolute Gasteiger partial charge is 0.0234 e. The lowest BCUT2D eigenvalue weighted by Gasteiger charge is -2.26. The van der Waals surface area contributed by atoms with Gasteiger partial charge in [-0.3, -0.25) is 4.90 Å². The third kappa shape index (κ3) is 5.68. The molecule has 18 heavy (non-hydrogen) atoms. The molecule has 0 atom stereocenters. The molecule has 0 aliphatic carbocycles. The number of nitrogens with zero attached hydrogens (tertiary/aromatic N) is 1. The third-order valence-electron chi connectivity index (χ3n) is 3.05. The Balaban J connectivity index is 2.68. The van der Waals surface area contributed by atoms with Crippen LogP contribution in [0.4, 0.5) is 0 Å². The van der Waals surface area contributed by atoms with Gasteiger partial charge in [0.2, 0.25) is 0 Å². The number of rotatable bonds is 7. The number of aryl methyl sites for hydroxylation is 1. The summed E-state index contributed by atoms with van der Waals surface area (Å²) in [7, 11) is 0. The van der Waals surface area contributed by atoms with Crippen molar-refractivity contribution in [3.05, 3.63) is 35.4 Å². The van der Waals surface area contributed by atoms with E-state index < -0.39 is 0 Å². The van der Waals surface area contributed by atoms with Gasteiger partial charge in [-0.1, -0.05) is 58.9 Å². The minimum Gasteiger partial charge on any atom is -0.299 e. The maximum Gasteiger partial charge on any atom is 0.0234 e. The van der Waals surface area contributed by atoms with E-state index >= 15 is 0 Å². The Hall–Kier alpha value is -0.820. The molecule has 1 aromatic rings. The van der Waals surface area contributed by atoms with Gasteiger partial charge in [-0.05, 0) is 29.4 Å². The Bertz CT molecular complexity index is 331. The first-order valence-electron chi connectivity index (χ1n) is 7.31. The summed E-state index contributed by atoms with van der Waals surface area (Å²) in [4.78, 5) is 2.59. The summed E-state index contributed by atoms with van der Waals surface area (Å²) in [6.45, 7) is 14.9. The minimum atomic E-state index is 0.734. The maximum atomic E-state index is 2.59. The molecule has 0 spiro atoms. The topological polar surface area (TPSA) is 3.24 Å². The fraction of sp³-hybridized carbons (Fsp3) is 0.647. The van der Waals surface area contributed by atoms with Gasteiger partial charge in [-0.2, -0.15) is 0 Å². The summed E-state index contributed by atoms with van der Waals surface area (Å²) in [6, 6.07) is 9.02. The van der Waals surface area contributed by atoms with Crippen molar-refractivity contribution in [1.82, 2.24) is 4.90 Å². The van der Waals surface area contributed by atoms with E-state index in [2.05, 4.69) is 63.8 Å². The quantitative estimate of drug-likeness (QED) is 0.692. The van der Waals surface area contributed by atoms with E-state index in [9.17, 15) is 0 Å². The molecule has 0 aliphatic rings. The van der Waals surface area contributed by atoms with Gasteiger partial charge >= 0.3 is 0 Å². The highest BCUT2D eigenvalue weighted by molar-refractivity contribution is 5.23. The monoisotopic (exact) mass is 247 g/mol. The molecule has 0 heterocycles. The van der Waals surface area contributed by atoms with Crippen LogP contribution >= 0.6 is 0 Å². The molecule has 1 aromatic carbocycles. The Morgan fingerprint density at radius 3 is 2.00 bits per heavy atom. The third-order valence-corrected chi connectivity index (χ3v) is 3.05. The van der Waals surface area contributed by atoms with E-state index in [4.69, 9.17) is 0 Å².